The van der Waals surface area contributed by atoms with Gasteiger partial charge in [-0.05, 0) is 53.8 Å². The highest BCUT2D eigenvalue weighted by Crippen LogP contribution is 2.45. The molecule has 0 unspecified atom stereocenters. The molecule has 2 nitrogen and oxygen atoms in total. The minimum absolute atomic E-state index is 0.771. The summed E-state index contributed by atoms with van der Waals surface area (Å²) < 4.78 is 18.4. The topological polar surface area (TPSA) is 29.4 Å². The highest BCUT2D eigenvalue weighted by Gasteiger charge is 2.26. The van der Waals surface area contributed by atoms with Crippen LogP contribution in [0.2, 0.25) is 0 Å². The standard InChI is InChI=1S/C14H13INOP/c1-12(15)16-18(17,13-8-4-2-5-9-13)14-10-6-3-7-11-14/h2-11H,1H3/b16-12+. The molecule has 0 spiro atoms. The zero-order valence-electron chi connectivity index (χ0n) is 9.95. The smallest absolute Gasteiger partial charge is 0.248 e. The number of nitrogens with zero attached hydrogens (tertiary/aromatic N) is 1. The normalized spacial score (nSPS) is 12.4. The van der Waals surface area contributed by atoms with Crippen LogP contribution in [0.4, 0.5) is 0 Å². The van der Waals surface area contributed by atoms with Crippen molar-refractivity contribution < 1.29 is 4.57 Å². The largest absolute Gasteiger partial charge is 0.288 e. The van der Waals surface area contributed by atoms with Crippen LogP contribution < -0.4 is 10.6 Å². The fraction of sp³-hybridized carbons (Fsp3) is 0.0714. The molecule has 0 N–H and O–H groups in total. The second kappa shape index (κ2) is 5.81. The van der Waals surface area contributed by atoms with E-state index in [1.807, 2.05) is 67.6 Å². The Labute approximate surface area is 121 Å². The van der Waals surface area contributed by atoms with Gasteiger partial charge in [0.25, 0.3) is 0 Å². The van der Waals surface area contributed by atoms with Crippen molar-refractivity contribution in [1.82, 2.24) is 0 Å². The van der Waals surface area contributed by atoms with E-state index in [2.05, 4.69) is 27.4 Å². The van der Waals surface area contributed by atoms with Crippen LogP contribution in [-0.2, 0) is 4.57 Å². The van der Waals surface area contributed by atoms with Crippen LogP contribution in [0.25, 0.3) is 0 Å². The molecular formula is C14H13INOP. The molecule has 0 fully saturated rings. The Balaban J connectivity index is 2.63. The van der Waals surface area contributed by atoms with E-state index in [1.165, 1.54) is 0 Å². The second-order valence-electron chi connectivity index (χ2n) is 3.84. The molecule has 0 amide bonds. The zero-order chi connectivity index (χ0) is 13.0. The van der Waals surface area contributed by atoms with Crippen molar-refractivity contribution in [3.8, 4) is 0 Å². The molecule has 0 saturated heterocycles. The van der Waals surface area contributed by atoms with E-state index in [0.29, 0.717) is 0 Å². The number of hydrogen-bond donors (Lipinski definition) is 0. The number of halogens is 1. The molecule has 92 valence electrons. The summed E-state index contributed by atoms with van der Waals surface area (Å²) in [6.07, 6.45) is 0. The van der Waals surface area contributed by atoms with Crippen molar-refractivity contribution in [2.24, 2.45) is 4.76 Å². The Morgan fingerprint density at radius 3 is 1.67 bits per heavy atom. The Morgan fingerprint density at radius 2 is 1.33 bits per heavy atom. The van der Waals surface area contributed by atoms with Crippen LogP contribution in [0.5, 0.6) is 0 Å². The molecule has 0 aromatic heterocycles. The lowest BCUT2D eigenvalue weighted by Crippen LogP contribution is -2.14. The molecule has 0 bridgehead atoms. The number of benzene rings is 2. The van der Waals surface area contributed by atoms with Crippen LogP contribution in [0.3, 0.4) is 0 Å². The molecule has 0 atom stereocenters. The summed E-state index contributed by atoms with van der Waals surface area (Å²) >= 11 is 2.10. The van der Waals surface area contributed by atoms with Crippen molar-refractivity contribution in [2.45, 2.75) is 6.92 Å². The van der Waals surface area contributed by atoms with E-state index < -0.39 is 7.29 Å². The lowest BCUT2D eigenvalue weighted by Gasteiger charge is -2.14. The molecule has 2 aromatic carbocycles. The van der Waals surface area contributed by atoms with Gasteiger partial charge in [0, 0.05) is 10.6 Å². The highest BCUT2D eigenvalue weighted by molar-refractivity contribution is 14.1. The second-order valence-corrected chi connectivity index (χ2v) is 7.79. The first-order valence-corrected chi connectivity index (χ1v) is 8.30. The van der Waals surface area contributed by atoms with Crippen LogP contribution >= 0.6 is 29.9 Å². The van der Waals surface area contributed by atoms with Crippen LogP contribution in [0.15, 0.2) is 65.4 Å². The van der Waals surface area contributed by atoms with E-state index in [0.717, 1.165) is 14.3 Å². The van der Waals surface area contributed by atoms with Gasteiger partial charge in [-0.2, -0.15) is 0 Å². The molecule has 2 rings (SSSR count). The Bertz CT molecular complexity index is 548. The van der Waals surface area contributed by atoms with Gasteiger partial charge in [0.15, 0.2) is 0 Å². The van der Waals surface area contributed by atoms with E-state index in [4.69, 9.17) is 0 Å². The van der Waals surface area contributed by atoms with Crippen LogP contribution in [0.1, 0.15) is 6.92 Å². The maximum absolute atomic E-state index is 13.2. The van der Waals surface area contributed by atoms with Crippen LogP contribution in [0, 0.1) is 0 Å². The van der Waals surface area contributed by atoms with Gasteiger partial charge < -0.3 is 0 Å². The van der Waals surface area contributed by atoms with Gasteiger partial charge in [0.05, 0.1) is 3.72 Å². The molecule has 2 aromatic rings. The summed E-state index contributed by atoms with van der Waals surface area (Å²) in [6.45, 7) is 1.86. The maximum atomic E-state index is 13.2. The molecule has 0 aliphatic heterocycles. The zero-order valence-corrected chi connectivity index (χ0v) is 13.0. The van der Waals surface area contributed by atoms with Gasteiger partial charge in [-0.1, -0.05) is 36.4 Å². The summed E-state index contributed by atoms with van der Waals surface area (Å²) in [5.41, 5.74) is 0. The van der Waals surface area contributed by atoms with E-state index in [-0.39, 0.29) is 0 Å². The third kappa shape index (κ3) is 2.90. The van der Waals surface area contributed by atoms with Gasteiger partial charge in [0.1, 0.15) is 0 Å². The minimum Gasteiger partial charge on any atom is -0.288 e. The first-order valence-electron chi connectivity index (χ1n) is 5.56. The summed E-state index contributed by atoms with van der Waals surface area (Å²) in [5, 5.41) is 1.54. The van der Waals surface area contributed by atoms with E-state index >= 15 is 0 Å². The predicted molar refractivity (Wildman–Crippen MR) is 86.9 cm³/mol. The Kier molecular flexibility index (Phi) is 4.36. The molecule has 0 heterocycles. The third-order valence-electron chi connectivity index (χ3n) is 2.49. The first-order chi connectivity index (χ1) is 8.63. The summed E-state index contributed by atoms with van der Waals surface area (Å²) in [6, 6.07) is 18.9. The first kappa shape index (κ1) is 13.5. The number of rotatable bonds is 3. The fourth-order valence-electron chi connectivity index (χ4n) is 1.72. The summed E-state index contributed by atoms with van der Waals surface area (Å²) in [4.78, 5) is 0. The molecule has 18 heavy (non-hydrogen) atoms. The van der Waals surface area contributed by atoms with Gasteiger partial charge in [-0.3, -0.25) is 4.57 Å². The molecule has 4 heteroatoms. The quantitative estimate of drug-likeness (QED) is 0.460. The van der Waals surface area contributed by atoms with Gasteiger partial charge >= 0.3 is 0 Å². The van der Waals surface area contributed by atoms with E-state index in [9.17, 15) is 4.57 Å². The summed E-state index contributed by atoms with van der Waals surface area (Å²) in [5.74, 6) is 0. The SMILES string of the molecule is C/C(I)=N\P(=O)(c1ccccc1)c1ccccc1. The molecule has 0 saturated carbocycles. The van der Waals surface area contributed by atoms with E-state index in [1.54, 1.807) is 0 Å². The Hall–Kier alpha value is -0.930. The van der Waals surface area contributed by atoms with Gasteiger partial charge in [-0.15, -0.1) is 0 Å². The average molecular weight is 369 g/mol. The predicted octanol–water partition coefficient (Wildman–Crippen LogP) is 3.77. The highest BCUT2D eigenvalue weighted by atomic mass is 127. The van der Waals surface area contributed by atoms with Gasteiger partial charge in [-0.25, -0.2) is 4.76 Å². The number of hydrogen-bond acceptors (Lipinski definition) is 1. The molecule has 0 radical (unpaired) electrons. The van der Waals surface area contributed by atoms with Gasteiger partial charge in [0.2, 0.25) is 7.29 Å². The van der Waals surface area contributed by atoms with Crippen molar-refractivity contribution >= 4 is 44.2 Å². The van der Waals surface area contributed by atoms with Crippen molar-refractivity contribution in [1.29, 1.82) is 0 Å². The maximum Gasteiger partial charge on any atom is 0.248 e. The monoisotopic (exact) mass is 369 g/mol. The van der Waals surface area contributed by atoms with Crippen molar-refractivity contribution in [3.05, 3.63) is 60.7 Å². The molecule has 0 aliphatic rings. The minimum atomic E-state index is -2.90. The fourth-order valence-corrected chi connectivity index (χ4v) is 4.70. The average Bonchev–Trinajstić information content (AvgIpc) is 2.40. The van der Waals surface area contributed by atoms with Crippen molar-refractivity contribution in [2.75, 3.05) is 0 Å². The van der Waals surface area contributed by atoms with Crippen LogP contribution in [-0.4, -0.2) is 3.72 Å². The molecule has 0 aliphatic carbocycles. The van der Waals surface area contributed by atoms with Crippen molar-refractivity contribution in [3.63, 3.8) is 0 Å². The lowest BCUT2D eigenvalue weighted by atomic mass is 10.4. The molecular weight excluding hydrogens is 356 g/mol. The Morgan fingerprint density at radius 1 is 0.944 bits per heavy atom. The lowest BCUT2D eigenvalue weighted by molar-refractivity contribution is 0.588. The third-order valence-corrected chi connectivity index (χ3v) is 5.69. The summed E-state index contributed by atoms with van der Waals surface area (Å²) in [7, 11) is -2.90.